The van der Waals surface area contributed by atoms with Gasteiger partial charge >= 0.3 is 0 Å². The third kappa shape index (κ3) is 5.61. The second-order valence-electron chi connectivity index (χ2n) is 5.18. The van der Waals surface area contributed by atoms with Crippen molar-refractivity contribution < 1.29 is 4.74 Å². The maximum atomic E-state index is 5.10. The summed E-state index contributed by atoms with van der Waals surface area (Å²) in [6.07, 6.45) is 0.992. The number of aryl methyl sites for hydroxylation is 2. The van der Waals surface area contributed by atoms with Crippen LogP contribution in [0.2, 0.25) is 0 Å². The van der Waals surface area contributed by atoms with Gasteiger partial charge in [-0.25, -0.2) is 0 Å². The van der Waals surface area contributed by atoms with Crippen LogP contribution in [-0.2, 0) is 11.2 Å². The summed E-state index contributed by atoms with van der Waals surface area (Å²) in [6, 6.07) is 6.84. The first-order chi connectivity index (χ1) is 9.56. The average Bonchev–Trinajstić information content (AvgIpc) is 2.40. The molecular formula is C16H27N3O. The summed E-state index contributed by atoms with van der Waals surface area (Å²) in [6.45, 7) is 7.88. The lowest BCUT2D eigenvalue weighted by Gasteiger charge is -2.17. The van der Waals surface area contributed by atoms with E-state index >= 15 is 0 Å². The van der Waals surface area contributed by atoms with Gasteiger partial charge in [-0.05, 0) is 38.3 Å². The van der Waals surface area contributed by atoms with Gasteiger partial charge in [0.2, 0.25) is 0 Å². The molecule has 0 fully saturated rings. The third-order valence-electron chi connectivity index (χ3n) is 3.21. The highest BCUT2D eigenvalue weighted by Gasteiger charge is 2.04. The van der Waals surface area contributed by atoms with Crippen LogP contribution < -0.4 is 10.6 Å². The van der Waals surface area contributed by atoms with E-state index in [1.165, 1.54) is 16.7 Å². The largest absolute Gasteiger partial charge is 0.383 e. The van der Waals surface area contributed by atoms with Crippen LogP contribution >= 0.6 is 0 Å². The Hall–Kier alpha value is -1.55. The Morgan fingerprint density at radius 1 is 1.35 bits per heavy atom. The normalized spacial score (nSPS) is 13.2. The van der Waals surface area contributed by atoms with E-state index in [1.807, 2.05) is 0 Å². The van der Waals surface area contributed by atoms with Gasteiger partial charge < -0.3 is 15.4 Å². The lowest BCUT2D eigenvalue weighted by molar-refractivity contribution is 0.179. The molecule has 0 aromatic heterocycles. The van der Waals surface area contributed by atoms with Crippen molar-refractivity contribution in [3.8, 4) is 0 Å². The molecule has 0 aliphatic heterocycles. The summed E-state index contributed by atoms with van der Waals surface area (Å²) in [4.78, 5) is 4.22. The van der Waals surface area contributed by atoms with Gasteiger partial charge in [0.05, 0.1) is 6.61 Å². The number of nitrogens with zero attached hydrogens (tertiary/aromatic N) is 1. The van der Waals surface area contributed by atoms with Crippen LogP contribution in [0.4, 0.5) is 0 Å². The highest BCUT2D eigenvalue weighted by Crippen LogP contribution is 2.10. The van der Waals surface area contributed by atoms with Crippen LogP contribution in [0.3, 0.4) is 0 Å². The van der Waals surface area contributed by atoms with E-state index in [9.17, 15) is 0 Å². The fourth-order valence-electron chi connectivity index (χ4n) is 2.16. The molecule has 0 bridgehead atoms. The van der Waals surface area contributed by atoms with E-state index in [-0.39, 0.29) is 6.04 Å². The Morgan fingerprint density at radius 2 is 2.10 bits per heavy atom. The fraction of sp³-hybridized carbons (Fsp3) is 0.562. The van der Waals surface area contributed by atoms with Crippen LogP contribution in [0, 0.1) is 13.8 Å². The zero-order valence-electron chi connectivity index (χ0n) is 13.3. The molecule has 1 aromatic rings. The van der Waals surface area contributed by atoms with E-state index in [4.69, 9.17) is 4.74 Å². The molecule has 0 saturated carbocycles. The van der Waals surface area contributed by atoms with Gasteiger partial charge in [-0.1, -0.05) is 23.8 Å². The number of guanidine groups is 1. The molecule has 112 valence electrons. The summed E-state index contributed by atoms with van der Waals surface area (Å²) >= 11 is 0. The monoisotopic (exact) mass is 277 g/mol. The van der Waals surface area contributed by atoms with Crippen LogP contribution in [-0.4, -0.2) is 39.3 Å². The first-order valence-corrected chi connectivity index (χ1v) is 7.09. The van der Waals surface area contributed by atoms with E-state index in [1.54, 1.807) is 14.2 Å². The Bertz CT molecular complexity index is 443. The van der Waals surface area contributed by atoms with Crippen molar-refractivity contribution in [2.75, 3.05) is 27.3 Å². The predicted octanol–water partition coefficient (Wildman–Crippen LogP) is 2.05. The topological polar surface area (TPSA) is 45.7 Å². The first-order valence-electron chi connectivity index (χ1n) is 7.09. The number of methoxy groups -OCH3 is 1. The third-order valence-corrected chi connectivity index (χ3v) is 3.21. The highest BCUT2D eigenvalue weighted by molar-refractivity contribution is 5.79. The van der Waals surface area contributed by atoms with Crippen LogP contribution in [0.25, 0.3) is 0 Å². The summed E-state index contributed by atoms with van der Waals surface area (Å²) in [5.74, 6) is 0.819. The van der Waals surface area contributed by atoms with Crippen molar-refractivity contribution in [1.82, 2.24) is 10.6 Å². The second kappa shape index (κ2) is 8.59. The molecule has 0 amide bonds. The minimum Gasteiger partial charge on any atom is -0.383 e. The maximum Gasteiger partial charge on any atom is 0.191 e. The molecule has 4 heteroatoms. The maximum absolute atomic E-state index is 5.10. The van der Waals surface area contributed by atoms with Crippen molar-refractivity contribution in [2.24, 2.45) is 4.99 Å². The van der Waals surface area contributed by atoms with Crippen LogP contribution in [0.1, 0.15) is 23.6 Å². The smallest absolute Gasteiger partial charge is 0.191 e. The van der Waals surface area contributed by atoms with Crippen LogP contribution in [0.5, 0.6) is 0 Å². The van der Waals surface area contributed by atoms with Gasteiger partial charge in [-0.3, -0.25) is 4.99 Å². The zero-order valence-corrected chi connectivity index (χ0v) is 13.3. The molecule has 1 unspecified atom stereocenters. The molecule has 1 rings (SSSR count). The summed E-state index contributed by atoms with van der Waals surface area (Å²) in [7, 11) is 3.49. The van der Waals surface area contributed by atoms with Crippen molar-refractivity contribution in [3.63, 3.8) is 0 Å². The van der Waals surface area contributed by atoms with Gasteiger partial charge in [0.1, 0.15) is 0 Å². The average molecular weight is 277 g/mol. The molecule has 0 saturated heterocycles. The SMILES string of the molecule is CN=C(NCCc1ccc(C)cc1C)NC(C)COC. The molecular weight excluding hydrogens is 250 g/mol. The number of rotatable bonds is 6. The predicted molar refractivity (Wildman–Crippen MR) is 85.5 cm³/mol. The van der Waals surface area contributed by atoms with E-state index in [0.29, 0.717) is 6.61 Å². The Labute approximate surface area is 122 Å². The highest BCUT2D eigenvalue weighted by atomic mass is 16.5. The quantitative estimate of drug-likeness (QED) is 0.618. The number of ether oxygens (including phenoxy) is 1. The van der Waals surface area contributed by atoms with Crippen LogP contribution in [0.15, 0.2) is 23.2 Å². The van der Waals surface area contributed by atoms with Crippen molar-refractivity contribution >= 4 is 5.96 Å². The standard InChI is InChI=1S/C16H27N3O/c1-12-6-7-15(13(2)10-12)8-9-18-16(17-4)19-14(3)11-20-5/h6-7,10,14H,8-9,11H2,1-5H3,(H2,17,18,19). The molecule has 2 N–H and O–H groups in total. The minimum absolute atomic E-state index is 0.243. The number of aliphatic imine (C=N–C) groups is 1. The van der Waals surface area contributed by atoms with Crippen molar-refractivity contribution in [2.45, 2.75) is 33.2 Å². The lowest BCUT2D eigenvalue weighted by atomic mass is 10.0. The van der Waals surface area contributed by atoms with Gasteiger partial charge in [-0.2, -0.15) is 0 Å². The molecule has 4 nitrogen and oxygen atoms in total. The molecule has 0 heterocycles. The molecule has 0 radical (unpaired) electrons. The molecule has 0 aliphatic carbocycles. The Kier molecular flexibility index (Phi) is 7.09. The van der Waals surface area contributed by atoms with E-state index in [2.05, 4.69) is 54.6 Å². The van der Waals surface area contributed by atoms with Crippen molar-refractivity contribution in [3.05, 3.63) is 34.9 Å². The zero-order chi connectivity index (χ0) is 15.0. The second-order valence-corrected chi connectivity index (χ2v) is 5.18. The Balaban J connectivity index is 2.42. The number of hydrogen-bond donors (Lipinski definition) is 2. The van der Waals surface area contributed by atoms with Gasteiger partial charge in [0.25, 0.3) is 0 Å². The summed E-state index contributed by atoms with van der Waals surface area (Å²) in [5, 5.41) is 6.62. The summed E-state index contributed by atoms with van der Waals surface area (Å²) in [5.41, 5.74) is 4.04. The minimum atomic E-state index is 0.243. The van der Waals surface area contributed by atoms with Gasteiger partial charge in [-0.15, -0.1) is 0 Å². The Morgan fingerprint density at radius 3 is 2.70 bits per heavy atom. The molecule has 1 aromatic carbocycles. The lowest BCUT2D eigenvalue weighted by Crippen LogP contribution is -2.44. The summed E-state index contributed by atoms with van der Waals surface area (Å²) < 4.78 is 5.10. The molecule has 0 aliphatic rings. The fourth-order valence-corrected chi connectivity index (χ4v) is 2.16. The van der Waals surface area contributed by atoms with Gasteiger partial charge in [0.15, 0.2) is 5.96 Å². The van der Waals surface area contributed by atoms with E-state index < -0.39 is 0 Å². The number of hydrogen-bond acceptors (Lipinski definition) is 2. The molecule has 20 heavy (non-hydrogen) atoms. The van der Waals surface area contributed by atoms with Crippen molar-refractivity contribution in [1.29, 1.82) is 0 Å². The van der Waals surface area contributed by atoms with E-state index in [0.717, 1.165) is 18.9 Å². The van der Waals surface area contributed by atoms with Gasteiger partial charge in [0, 0.05) is 26.7 Å². The molecule has 1 atom stereocenters. The number of benzene rings is 1. The number of nitrogens with one attached hydrogen (secondary N) is 2. The molecule has 0 spiro atoms. The first kappa shape index (κ1) is 16.5.